The summed E-state index contributed by atoms with van der Waals surface area (Å²) >= 11 is 0. The molecule has 0 saturated heterocycles. The number of benzene rings is 4. The Balaban J connectivity index is 1.38. The van der Waals surface area contributed by atoms with Gasteiger partial charge in [0.25, 0.3) is 11.8 Å². The van der Waals surface area contributed by atoms with Gasteiger partial charge in [-0.3, -0.25) is 9.59 Å². The molecule has 0 atom stereocenters. The molecule has 0 radical (unpaired) electrons. The molecule has 4 rings (SSSR count). The number of methoxy groups -OCH3 is 2. The fourth-order valence-electron chi connectivity index (χ4n) is 3.55. The first kappa shape index (κ1) is 25.2. The zero-order valence-corrected chi connectivity index (χ0v) is 20.2. The third-order valence-corrected chi connectivity index (χ3v) is 5.37. The predicted molar refractivity (Wildman–Crippen MR) is 139 cm³/mol. The van der Waals surface area contributed by atoms with Crippen LogP contribution in [0, 0.1) is 5.82 Å². The maximum Gasteiger partial charge on any atom is 0.275 e. The summed E-state index contributed by atoms with van der Waals surface area (Å²) in [4.78, 5) is 24.9. The minimum atomic E-state index is -0.419. The van der Waals surface area contributed by atoms with Crippen LogP contribution in [0.4, 0.5) is 10.1 Å². The van der Waals surface area contributed by atoms with Gasteiger partial charge in [-0.05, 0) is 70.9 Å². The van der Waals surface area contributed by atoms with E-state index in [1.54, 1.807) is 30.3 Å². The highest BCUT2D eigenvalue weighted by Gasteiger charge is 2.13. The van der Waals surface area contributed by atoms with Crippen molar-refractivity contribution >= 4 is 34.5 Å². The molecule has 9 heteroatoms. The third kappa shape index (κ3) is 6.40. The van der Waals surface area contributed by atoms with Crippen molar-refractivity contribution in [1.29, 1.82) is 0 Å². The van der Waals surface area contributed by atoms with Crippen LogP contribution in [0.15, 0.2) is 84.0 Å². The zero-order chi connectivity index (χ0) is 26.2. The Morgan fingerprint density at radius 2 is 1.57 bits per heavy atom. The van der Waals surface area contributed by atoms with Crippen LogP contribution >= 0.6 is 0 Å². The van der Waals surface area contributed by atoms with Gasteiger partial charge in [-0.2, -0.15) is 5.10 Å². The maximum atomic E-state index is 13.0. The SMILES string of the molecule is COc1cc(/C=N\NC(=O)c2cc3ccccc3cc2OC)ccc1OCC(=O)Nc1ccc(F)cc1. The molecule has 0 unspecified atom stereocenters. The molecule has 0 aliphatic rings. The van der Waals surface area contributed by atoms with Gasteiger partial charge < -0.3 is 19.5 Å². The first-order valence-corrected chi connectivity index (χ1v) is 11.2. The summed E-state index contributed by atoms with van der Waals surface area (Å²) < 4.78 is 29.3. The lowest BCUT2D eigenvalue weighted by molar-refractivity contribution is -0.118. The van der Waals surface area contributed by atoms with Crippen LogP contribution in [0.2, 0.25) is 0 Å². The van der Waals surface area contributed by atoms with Crippen LogP contribution in [0.25, 0.3) is 10.8 Å². The Bertz CT molecular complexity index is 1450. The number of anilines is 1. The van der Waals surface area contributed by atoms with Crippen molar-refractivity contribution in [2.75, 3.05) is 26.1 Å². The minimum Gasteiger partial charge on any atom is -0.496 e. The smallest absolute Gasteiger partial charge is 0.275 e. The fraction of sp³-hybridized carbons (Fsp3) is 0.107. The van der Waals surface area contributed by atoms with E-state index < -0.39 is 17.6 Å². The second-order valence-corrected chi connectivity index (χ2v) is 7.85. The Kier molecular flexibility index (Phi) is 7.95. The van der Waals surface area contributed by atoms with Crippen LogP contribution in [-0.4, -0.2) is 38.9 Å². The first-order chi connectivity index (χ1) is 18.0. The molecule has 0 heterocycles. The van der Waals surface area contributed by atoms with Gasteiger partial charge in [0.15, 0.2) is 18.1 Å². The van der Waals surface area contributed by atoms with E-state index in [-0.39, 0.29) is 6.61 Å². The van der Waals surface area contributed by atoms with Crippen LogP contribution in [0.3, 0.4) is 0 Å². The van der Waals surface area contributed by atoms with Gasteiger partial charge in [0.1, 0.15) is 11.6 Å². The number of ether oxygens (including phenoxy) is 3. The lowest BCUT2D eigenvalue weighted by Crippen LogP contribution is -2.20. The lowest BCUT2D eigenvalue weighted by atomic mass is 10.1. The summed E-state index contributed by atoms with van der Waals surface area (Å²) in [5, 5.41) is 8.52. The van der Waals surface area contributed by atoms with Crippen LogP contribution in [-0.2, 0) is 4.79 Å². The molecule has 0 aliphatic heterocycles. The molecule has 0 aliphatic carbocycles. The summed E-state index contributed by atoms with van der Waals surface area (Å²) in [5.74, 6) is -0.0578. The van der Waals surface area contributed by atoms with E-state index in [1.165, 1.54) is 44.7 Å². The van der Waals surface area contributed by atoms with Crippen molar-refractivity contribution in [2.45, 2.75) is 0 Å². The summed E-state index contributed by atoms with van der Waals surface area (Å²) in [5.41, 5.74) is 3.95. The standard InChI is InChI=1S/C28H24FN3O5/c1-35-25-15-20-6-4-3-5-19(20)14-23(25)28(34)32-30-16-18-7-12-24(26(13-18)36-2)37-17-27(33)31-22-10-8-21(29)9-11-22/h3-16H,17H2,1-2H3,(H,31,33)(H,32,34)/b30-16-. The molecule has 2 N–H and O–H groups in total. The quantitative estimate of drug-likeness (QED) is 0.254. The molecule has 188 valence electrons. The normalized spacial score (nSPS) is 10.8. The van der Waals surface area contributed by atoms with Gasteiger partial charge in [-0.25, -0.2) is 9.82 Å². The summed E-state index contributed by atoms with van der Waals surface area (Å²) in [6.07, 6.45) is 1.46. The van der Waals surface area contributed by atoms with Crippen LogP contribution in [0.1, 0.15) is 15.9 Å². The largest absolute Gasteiger partial charge is 0.496 e. The highest BCUT2D eigenvalue weighted by Crippen LogP contribution is 2.28. The summed E-state index contributed by atoms with van der Waals surface area (Å²) in [6.45, 7) is -0.273. The number of nitrogens with zero attached hydrogens (tertiary/aromatic N) is 1. The number of amides is 2. The van der Waals surface area contributed by atoms with Gasteiger partial charge >= 0.3 is 0 Å². The van der Waals surface area contributed by atoms with Crippen molar-refractivity contribution in [1.82, 2.24) is 5.43 Å². The molecule has 0 saturated carbocycles. The van der Waals surface area contributed by atoms with E-state index in [0.717, 1.165) is 10.8 Å². The fourth-order valence-corrected chi connectivity index (χ4v) is 3.55. The average molecular weight is 502 g/mol. The molecule has 2 amide bonds. The monoisotopic (exact) mass is 501 g/mol. The second-order valence-electron chi connectivity index (χ2n) is 7.85. The number of fused-ring (bicyclic) bond motifs is 1. The van der Waals surface area contributed by atoms with E-state index in [4.69, 9.17) is 14.2 Å². The Labute approximate surface area is 212 Å². The molecule has 8 nitrogen and oxygen atoms in total. The first-order valence-electron chi connectivity index (χ1n) is 11.2. The Morgan fingerprint density at radius 3 is 2.27 bits per heavy atom. The Morgan fingerprint density at radius 1 is 0.865 bits per heavy atom. The maximum absolute atomic E-state index is 13.0. The van der Waals surface area contributed by atoms with Crippen molar-refractivity contribution in [2.24, 2.45) is 5.10 Å². The van der Waals surface area contributed by atoms with Gasteiger partial charge in [-0.1, -0.05) is 24.3 Å². The number of rotatable bonds is 9. The van der Waals surface area contributed by atoms with E-state index >= 15 is 0 Å². The van der Waals surface area contributed by atoms with Gasteiger partial charge in [-0.15, -0.1) is 0 Å². The van der Waals surface area contributed by atoms with Crippen molar-refractivity contribution in [3.63, 3.8) is 0 Å². The number of nitrogens with one attached hydrogen (secondary N) is 2. The zero-order valence-electron chi connectivity index (χ0n) is 20.2. The molecule has 0 aromatic heterocycles. The number of hydrazone groups is 1. The van der Waals surface area contributed by atoms with Crippen LogP contribution < -0.4 is 25.0 Å². The number of carbonyl (C=O) groups excluding carboxylic acids is 2. The van der Waals surface area contributed by atoms with E-state index in [9.17, 15) is 14.0 Å². The lowest BCUT2D eigenvalue weighted by Gasteiger charge is -2.11. The number of hydrogen-bond donors (Lipinski definition) is 2. The average Bonchev–Trinajstić information content (AvgIpc) is 2.92. The number of halogens is 1. The second kappa shape index (κ2) is 11.7. The molecule has 4 aromatic rings. The molecular weight excluding hydrogens is 477 g/mol. The third-order valence-electron chi connectivity index (χ3n) is 5.37. The van der Waals surface area contributed by atoms with Crippen LogP contribution in [0.5, 0.6) is 17.2 Å². The van der Waals surface area contributed by atoms with E-state index in [2.05, 4.69) is 15.8 Å². The number of hydrogen-bond acceptors (Lipinski definition) is 6. The van der Waals surface area contributed by atoms with Crippen molar-refractivity contribution in [3.05, 3.63) is 95.8 Å². The molecule has 0 fully saturated rings. The van der Waals surface area contributed by atoms with Crippen molar-refractivity contribution < 1.29 is 28.2 Å². The van der Waals surface area contributed by atoms with Gasteiger partial charge in [0.05, 0.1) is 26.0 Å². The summed E-state index contributed by atoms with van der Waals surface area (Å²) in [7, 11) is 2.97. The molecule has 0 bridgehead atoms. The van der Waals surface area contributed by atoms with E-state index in [0.29, 0.717) is 34.1 Å². The molecule has 4 aromatic carbocycles. The summed E-state index contributed by atoms with van der Waals surface area (Å²) in [6, 6.07) is 21.6. The van der Waals surface area contributed by atoms with Crippen molar-refractivity contribution in [3.8, 4) is 17.2 Å². The van der Waals surface area contributed by atoms with Gasteiger partial charge in [0.2, 0.25) is 0 Å². The predicted octanol–water partition coefficient (Wildman–Crippen LogP) is 4.78. The molecule has 37 heavy (non-hydrogen) atoms. The van der Waals surface area contributed by atoms with E-state index in [1.807, 2.05) is 24.3 Å². The highest BCUT2D eigenvalue weighted by molar-refractivity contribution is 6.02. The Hall–Kier alpha value is -4.92. The number of carbonyl (C=O) groups is 2. The minimum absolute atomic E-state index is 0.273. The highest BCUT2D eigenvalue weighted by atomic mass is 19.1. The molecule has 0 spiro atoms. The molecular formula is C28H24FN3O5. The topological polar surface area (TPSA) is 98.2 Å². The van der Waals surface area contributed by atoms with Gasteiger partial charge in [0, 0.05) is 5.69 Å².